The number of aryl methyl sites for hydroxylation is 3. The lowest BCUT2D eigenvalue weighted by atomic mass is 10.1. The third-order valence-electron chi connectivity index (χ3n) is 3.10. The monoisotopic (exact) mass is 241 g/mol. The van der Waals surface area contributed by atoms with E-state index in [1.807, 2.05) is 13.8 Å². The van der Waals surface area contributed by atoms with Gasteiger partial charge in [-0.15, -0.1) is 0 Å². The van der Waals surface area contributed by atoms with Crippen molar-refractivity contribution in [1.82, 2.24) is 9.97 Å². The summed E-state index contributed by atoms with van der Waals surface area (Å²) >= 11 is 0. The highest BCUT2D eigenvalue weighted by atomic mass is 14.9. The Morgan fingerprint density at radius 1 is 1.00 bits per heavy atom. The van der Waals surface area contributed by atoms with Gasteiger partial charge < -0.3 is 5.73 Å². The number of benzene rings is 1. The van der Waals surface area contributed by atoms with Gasteiger partial charge in [0.05, 0.1) is 11.4 Å². The molecule has 2 rings (SSSR count). The van der Waals surface area contributed by atoms with Gasteiger partial charge in [0.2, 0.25) is 0 Å². The second-order valence-electron chi connectivity index (χ2n) is 4.58. The second kappa shape index (κ2) is 5.17. The number of nitrogen functional groups attached to an aromatic ring is 1. The van der Waals surface area contributed by atoms with Crippen LogP contribution < -0.4 is 5.73 Å². The van der Waals surface area contributed by atoms with Gasteiger partial charge in [-0.2, -0.15) is 0 Å². The van der Waals surface area contributed by atoms with Gasteiger partial charge in [0.15, 0.2) is 0 Å². The molecule has 3 heteroatoms. The summed E-state index contributed by atoms with van der Waals surface area (Å²) in [5, 5.41) is 0. The zero-order valence-electron chi connectivity index (χ0n) is 11.2. The standard InChI is InChI=1S/C15H19N3/c1-4-5-12-6-8-13(9-7-12)14-15(16)18-11(3)10(2)17-14/h6-9H,4-5H2,1-3H3,(H2,16,18). The minimum absolute atomic E-state index is 0.501. The number of nitrogens with two attached hydrogens (primary N) is 1. The molecule has 3 nitrogen and oxygen atoms in total. The highest BCUT2D eigenvalue weighted by Crippen LogP contribution is 2.23. The van der Waals surface area contributed by atoms with E-state index in [0.717, 1.165) is 35.5 Å². The Morgan fingerprint density at radius 3 is 2.22 bits per heavy atom. The first kappa shape index (κ1) is 12.6. The van der Waals surface area contributed by atoms with Crippen LogP contribution in [0.2, 0.25) is 0 Å². The van der Waals surface area contributed by atoms with Crippen molar-refractivity contribution in [2.45, 2.75) is 33.6 Å². The Hall–Kier alpha value is -1.90. The van der Waals surface area contributed by atoms with E-state index >= 15 is 0 Å². The maximum absolute atomic E-state index is 5.95. The minimum atomic E-state index is 0.501. The molecule has 0 amide bonds. The van der Waals surface area contributed by atoms with Gasteiger partial charge in [-0.05, 0) is 25.8 Å². The van der Waals surface area contributed by atoms with E-state index < -0.39 is 0 Å². The molecular weight excluding hydrogens is 222 g/mol. The Bertz CT molecular complexity index is 544. The molecule has 0 spiro atoms. The van der Waals surface area contributed by atoms with Crippen LogP contribution >= 0.6 is 0 Å². The lowest BCUT2D eigenvalue weighted by Crippen LogP contribution is -2.02. The molecule has 18 heavy (non-hydrogen) atoms. The minimum Gasteiger partial charge on any atom is -0.382 e. The molecule has 0 saturated heterocycles. The van der Waals surface area contributed by atoms with E-state index in [4.69, 9.17) is 5.73 Å². The zero-order valence-corrected chi connectivity index (χ0v) is 11.2. The maximum atomic E-state index is 5.95. The highest BCUT2D eigenvalue weighted by Gasteiger charge is 2.08. The molecular formula is C15H19N3. The van der Waals surface area contributed by atoms with Crippen molar-refractivity contribution in [3.05, 3.63) is 41.2 Å². The smallest absolute Gasteiger partial charge is 0.150 e. The van der Waals surface area contributed by atoms with Gasteiger partial charge in [-0.3, -0.25) is 0 Å². The molecule has 0 radical (unpaired) electrons. The summed E-state index contributed by atoms with van der Waals surface area (Å²) in [6.07, 6.45) is 2.26. The molecule has 94 valence electrons. The van der Waals surface area contributed by atoms with Crippen molar-refractivity contribution in [3.63, 3.8) is 0 Å². The fourth-order valence-electron chi connectivity index (χ4n) is 1.95. The van der Waals surface area contributed by atoms with E-state index in [-0.39, 0.29) is 0 Å². The highest BCUT2D eigenvalue weighted by molar-refractivity contribution is 5.70. The van der Waals surface area contributed by atoms with Gasteiger partial charge in [0.1, 0.15) is 11.5 Å². The summed E-state index contributed by atoms with van der Waals surface area (Å²) < 4.78 is 0. The third kappa shape index (κ3) is 2.50. The first-order valence-corrected chi connectivity index (χ1v) is 6.32. The van der Waals surface area contributed by atoms with Crippen molar-refractivity contribution >= 4 is 5.82 Å². The summed E-state index contributed by atoms with van der Waals surface area (Å²) in [6.45, 7) is 6.06. The lowest BCUT2D eigenvalue weighted by Gasteiger charge is -2.08. The number of hydrogen-bond donors (Lipinski definition) is 1. The van der Waals surface area contributed by atoms with E-state index in [0.29, 0.717) is 5.82 Å². The molecule has 2 N–H and O–H groups in total. The Labute approximate surface area is 108 Å². The van der Waals surface area contributed by atoms with Gasteiger partial charge in [0, 0.05) is 5.56 Å². The van der Waals surface area contributed by atoms with Gasteiger partial charge >= 0.3 is 0 Å². The Morgan fingerprint density at radius 2 is 1.61 bits per heavy atom. The first-order valence-electron chi connectivity index (χ1n) is 6.32. The van der Waals surface area contributed by atoms with Crippen LogP contribution in [0.3, 0.4) is 0 Å². The van der Waals surface area contributed by atoms with Crippen molar-refractivity contribution in [1.29, 1.82) is 0 Å². The van der Waals surface area contributed by atoms with Gasteiger partial charge in [-0.1, -0.05) is 37.6 Å². The molecule has 1 aromatic heterocycles. The van der Waals surface area contributed by atoms with Crippen LogP contribution in [-0.2, 0) is 6.42 Å². The predicted octanol–water partition coefficient (Wildman–Crippen LogP) is 3.30. The SMILES string of the molecule is CCCc1ccc(-c2nc(C)c(C)nc2N)cc1. The Kier molecular flexibility index (Phi) is 3.60. The van der Waals surface area contributed by atoms with E-state index in [2.05, 4.69) is 41.2 Å². The van der Waals surface area contributed by atoms with Crippen LogP contribution in [-0.4, -0.2) is 9.97 Å². The number of aromatic nitrogens is 2. The molecule has 0 fully saturated rings. The van der Waals surface area contributed by atoms with Crippen LogP contribution in [0.1, 0.15) is 30.3 Å². The summed E-state index contributed by atoms with van der Waals surface area (Å²) in [6, 6.07) is 8.41. The van der Waals surface area contributed by atoms with Crippen LogP contribution in [0.4, 0.5) is 5.82 Å². The lowest BCUT2D eigenvalue weighted by molar-refractivity contribution is 0.922. The van der Waals surface area contributed by atoms with Crippen LogP contribution in [0, 0.1) is 13.8 Å². The summed E-state index contributed by atoms with van der Waals surface area (Å²) in [5.74, 6) is 0.501. The van der Waals surface area contributed by atoms with Crippen molar-refractivity contribution < 1.29 is 0 Å². The number of nitrogens with zero attached hydrogens (tertiary/aromatic N) is 2. The quantitative estimate of drug-likeness (QED) is 0.897. The fourth-order valence-corrected chi connectivity index (χ4v) is 1.95. The van der Waals surface area contributed by atoms with Crippen molar-refractivity contribution in [2.75, 3.05) is 5.73 Å². The summed E-state index contributed by atoms with van der Waals surface area (Å²) in [4.78, 5) is 8.85. The van der Waals surface area contributed by atoms with Crippen molar-refractivity contribution in [3.8, 4) is 11.3 Å². The Balaban J connectivity index is 2.39. The summed E-state index contributed by atoms with van der Waals surface area (Å²) in [7, 11) is 0. The molecule has 0 saturated carbocycles. The number of rotatable bonds is 3. The molecule has 1 heterocycles. The van der Waals surface area contributed by atoms with Crippen LogP contribution in [0.15, 0.2) is 24.3 Å². The van der Waals surface area contributed by atoms with Crippen LogP contribution in [0.25, 0.3) is 11.3 Å². The molecule has 1 aromatic carbocycles. The number of anilines is 1. The average molecular weight is 241 g/mol. The fraction of sp³-hybridized carbons (Fsp3) is 0.333. The van der Waals surface area contributed by atoms with Gasteiger partial charge in [0.25, 0.3) is 0 Å². The summed E-state index contributed by atoms with van der Waals surface area (Å²) in [5.41, 5.74) is 10.9. The van der Waals surface area contributed by atoms with E-state index in [1.54, 1.807) is 0 Å². The van der Waals surface area contributed by atoms with Gasteiger partial charge in [-0.25, -0.2) is 9.97 Å². The largest absolute Gasteiger partial charge is 0.382 e. The maximum Gasteiger partial charge on any atom is 0.150 e. The zero-order chi connectivity index (χ0) is 13.1. The molecule has 0 bridgehead atoms. The molecule has 2 aromatic rings. The van der Waals surface area contributed by atoms with E-state index in [1.165, 1.54) is 5.56 Å². The van der Waals surface area contributed by atoms with Crippen LogP contribution in [0.5, 0.6) is 0 Å². The molecule has 0 atom stereocenters. The normalized spacial score (nSPS) is 10.6. The first-order chi connectivity index (χ1) is 8.61. The topological polar surface area (TPSA) is 51.8 Å². The number of hydrogen-bond acceptors (Lipinski definition) is 3. The second-order valence-corrected chi connectivity index (χ2v) is 4.58. The molecule has 0 aliphatic heterocycles. The van der Waals surface area contributed by atoms with E-state index in [9.17, 15) is 0 Å². The van der Waals surface area contributed by atoms with Crippen molar-refractivity contribution in [2.24, 2.45) is 0 Å². The molecule has 0 aliphatic carbocycles. The molecule has 0 unspecified atom stereocenters. The predicted molar refractivity (Wildman–Crippen MR) is 75.3 cm³/mol. The third-order valence-corrected chi connectivity index (χ3v) is 3.10. The average Bonchev–Trinajstić information content (AvgIpc) is 2.35. The molecule has 0 aliphatic rings.